The molecule has 5 fully saturated rings. The van der Waals surface area contributed by atoms with Crippen molar-refractivity contribution in [3.63, 3.8) is 0 Å². The molecule has 0 radical (unpaired) electrons. The fraction of sp³-hybridized carbons (Fsp3) is 0.319. The summed E-state index contributed by atoms with van der Waals surface area (Å²) >= 11 is 0. The number of carbonyl (C=O) groups excluding carboxylic acids is 4. The maximum absolute atomic E-state index is 13.7. The molecule has 4 amide bonds. The van der Waals surface area contributed by atoms with Crippen LogP contribution in [0.5, 0.6) is 11.5 Å². The Kier molecular flexibility index (Phi) is 23.8. The summed E-state index contributed by atoms with van der Waals surface area (Å²) in [5.41, 5.74) is 40.1. The lowest BCUT2D eigenvalue weighted by atomic mass is 9.78. The Bertz CT molecular complexity index is 5540. The number of carbonyl (C=O) groups is 4. The fourth-order valence-electron chi connectivity index (χ4n) is 17.8. The van der Waals surface area contributed by atoms with Gasteiger partial charge in [0.05, 0.1) is 30.1 Å². The van der Waals surface area contributed by atoms with Crippen molar-refractivity contribution in [1.82, 2.24) is 19.6 Å². The van der Waals surface area contributed by atoms with Crippen LogP contribution in [0.3, 0.4) is 0 Å². The number of piperidine rings is 4. The standard InChI is InChI=1S/C49H51BN4O6.C45H47BN4O6/c1-31-42-14-15-44-47(46(42)58-49(57)43(31)28-45(55)53-20-16-34(17-21-53)36-8-2-6-32(24-36)29-51)60-50(59-44)41-13-5-11-39(27-41)38-10-4-12-40(26-38)48(56)54-22-18-35(19-23-54)37-9-3-7-33(25-37)30-52;1-29-38-24-41-42(26-40(38)54-45(53)39(29)25-43(51)49-17-12-33(13-18-49)35-8-3-6-31(22-35)27-47)56-46(55-41)16-11-30-5-2-10-37(21-30)44(52)50-19-14-34(15-20-50)36-9-4-7-32(23-36)28-48/h2-15,24-27,34-35,44,47H,16-23,28-30,51-52H2,1H3;2-11,16,21-24,26,33-34H,12-15,17-20,25,27-28,47-48H2,1H3/b;16-11+. The number of amides is 4. The van der Waals surface area contributed by atoms with E-state index in [4.69, 9.17) is 50.4 Å². The first-order valence-corrected chi connectivity index (χ1v) is 40.9. The SMILES string of the molecule is Cc1c(CC(=O)N2CCC(c3cccc(CN)c3)CC2)c(=O)oc2cc3c(cc12)OB(/C=C/c1cccc(C(=O)N2CCC(c4cccc(CN)c4)CC2)c1)O3.Cc1c2c(oc(=O)c1CC(=O)N1CCC(c3cccc(CN)c3)CC1)C1OB(c3cccc(-c4cccc(C(=O)N5CCC(c6cccc(CN)c6)CC5)c4)c3)OC1C=C2. The molecule has 0 spiro atoms. The van der Waals surface area contributed by atoms with Gasteiger partial charge in [-0.05, 0) is 203 Å². The van der Waals surface area contributed by atoms with E-state index >= 15 is 0 Å². The second kappa shape index (κ2) is 35.1. The van der Waals surface area contributed by atoms with Crippen molar-refractivity contribution in [3.05, 3.63) is 310 Å². The number of fused-ring (bicyclic) bond motifs is 5. The van der Waals surface area contributed by atoms with E-state index in [2.05, 4.69) is 66.7 Å². The van der Waals surface area contributed by atoms with Gasteiger partial charge in [0, 0.05) is 107 Å². The lowest BCUT2D eigenvalue weighted by Gasteiger charge is -2.32. The molecule has 592 valence electrons. The van der Waals surface area contributed by atoms with E-state index < -0.39 is 37.7 Å². The molecule has 10 aromatic rings. The summed E-state index contributed by atoms with van der Waals surface area (Å²) in [5, 5.41) is 0.692. The number of nitrogens with zero attached hydrogens (tertiary/aromatic N) is 4. The topological polar surface area (TPSA) is 283 Å². The Morgan fingerprint density at radius 1 is 0.457 bits per heavy atom. The van der Waals surface area contributed by atoms with E-state index in [0.29, 0.717) is 158 Å². The van der Waals surface area contributed by atoms with Crippen LogP contribution < -0.4 is 49.0 Å². The molecule has 2 aromatic heterocycles. The van der Waals surface area contributed by atoms with Crippen LogP contribution >= 0.6 is 0 Å². The maximum atomic E-state index is 13.7. The van der Waals surface area contributed by atoms with E-state index in [-0.39, 0.29) is 36.5 Å². The maximum Gasteiger partial charge on any atom is 0.625 e. The summed E-state index contributed by atoms with van der Waals surface area (Å²) in [6.45, 7) is 11.1. The highest BCUT2D eigenvalue weighted by molar-refractivity contribution is 6.62. The summed E-state index contributed by atoms with van der Waals surface area (Å²) < 4.78 is 36.8. The number of benzene rings is 8. The van der Waals surface area contributed by atoms with Gasteiger partial charge in [0.25, 0.3) is 11.8 Å². The van der Waals surface area contributed by atoms with Crippen molar-refractivity contribution in [3.8, 4) is 22.6 Å². The summed E-state index contributed by atoms with van der Waals surface area (Å²) in [5.74, 6) is 4.68. The number of hydrogen-bond donors (Lipinski definition) is 4. The number of likely N-dealkylation sites (tertiary alicyclic amines) is 4. The minimum Gasteiger partial charge on any atom is -0.520 e. The third-order valence-corrected chi connectivity index (χ3v) is 24.7. The number of hydrogen-bond acceptors (Lipinski definition) is 16. The second-order valence-electron chi connectivity index (χ2n) is 31.8. The van der Waals surface area contributed by atoms with Crippen LogP contribution in [0.2, 0.25) is 0 Å². The van der Waals surface area contributed by atoms with Crippen molar-refractivity contribution < 1.29 is 46.6 Å². The molecule has 6 aliphatic heterocycles. The number of nitrogens with two attached hydrogens (primary N) is 4. The Balaban J connectivity index is 0.000000174. The summed E-state index contributed by atoms with van der Waals surface area (Å²) in [4.78, 5) is 88.5. The monoisotopic (exact) mass is 1550 g/mol. The molecule has 8 aromatic carbocycles. The molecule has 0 bridgehead atoms. The van der Waals surface area contributed by atoms with Crippen molar-refractivity contribution >= 4 is 66.4 Å². The third kappa shape index (κ3) is 17.2. The van der Waals surface area contributed by atoms with E-state index in [1.165, 1.54) is 22.3 Å². The molecule has 116 heavy (non-hydrogen) atoms. The van der Waals surface area contributed by atoms with Crippen molar-refractivity contribution in [2.75, 3.05) is 52.4 Å². The highest BCUT2D eigenvalue weighted by Crippen LogP contribution is 2.42. The number of aryl methyl sites for hydroxylation is 1. The smallest absolute Gasteiger partial charge is 0.520 e. The minimum atomic E-state index is -0.716. The van der Waals surface area contributed by atoms with Gasteiger partial charge in [-0.25, -0.2) is 9.59 Å². The molecule has 1 aliphatic carbocycles. The zero-order valence-corrected chi connectivity index (χ0v) is 65.8. The minimum absolute atomic E-state index is 0.0145. The van der Waals surface area contributed by atoms with Crippen LogP contribution in [0.4, 0.5) is 0 Å². The van der Waals surface area contributed by atoms with Gasteiger partial charge in [0.1, 0.15) is 28.9 Å². The van der Waals surface area contributed by atoms with Gasteiger partial charge in [-0.3, -0.25) is 19.2 Å². The molecule has 22 heteroatoms. The molecule has 0 saturated carbocycles. The van der Waals surface area contributed by atoms with Crippen LogP contribution in [0.15, 0.2) is 212 Å². The second-order valence-corrected chi connectivity index (χ2v) is 31.8. The van der Waals surface area contributed by atoms with E-state index in [9.17, 15) is 28.8 Å². The van der Waals surface area contributed by atoms with Gasteiger partial charge in [-0.2, -0.15) is 0 Å². The molecule has 7 aliphatic rings. The summed E-state index contributed by atoms with van der Waals surface area (Å²) in [7, 11) is -1.42. The molecule has 20 nitrogen and oxygen atoms in total. The molecule has 8 heterocycles. The zero-order valence-electron chi connectivity index (χ0n) is 65.8. The Labute approximate surface area is 676 Å². The lowest BCUT2D eigenvalue weighted by molar-refractivity contribution is -0.132. The normalized spacial score (nSPS) is 17.9. The van der Waals surface area contributed by atoms with Gasteiger partial charge >= 0.3 is 25.5 Å². The average molecular weight is 1550 g/mol. The highest BCUT2D eigenvalue weighted by Gasteiger charge is 2.45. The first-order chi connectivity index (χ1) is 56.5. The van der Waals surface area contributed by atoms with E-state index in [1.807, 2.05) is 161 Å². The largest absolute Gasteiger partial charge is 0.625 e. The quantitative estimate of drug-likeness (QED) is 0.0459. The Morgan fingerprint density at radius 3 is 1.39 bits per heavy atom. The van der Waals surface area contributed by atoms with Crippen molar-refractivity contribution in [2.24, 2.45) is 22.9 Å². The molecule has 2 unspecified atom stereocenters. The molecular weight excluding hydrogens is 1450 g/mol. The predicted octanol–water partition coefficient (Wildman–Crippen LogP) is 12.9. The van der Waals surface area contributed by atoms with Crippen LogP contribution in [-0.2, 0) is 57.9 Å². The first kappa shape index (κ1) is 78.6. The molecular formula is C94H98B2N8O12. The molecule has 2 atom stereocenters. The Hall–Kier alpha value is -11.2. The van der Waals surface area contributed by atoms with Crippen molar-refractivity contribution in [1.29, 1.82) is 0 Å². The van der Waals surface area contributed by atoms with Gasteiger partial charge in [-0.1, -0.05) is 164 Å². The molecule has 17 rings (SSSR count). The van der Waals surface area contributed by atoms with Crippen LogP contribution in [0.25, 0.3) is 34.2 Å². The zero-order chi connectivity index (χ0) is 80.1. The fourth-order valence-corrected chi connectivity index (χ4v) is 17.8. The van der Waals surface area contributed by atoms with Gasteiger partial charge < -0.3 is 70.0 Å². The van der Waals surface area contributed by atoms with E-state index in [1.54, 1.807) is 12.0 Å². The van der Waals surface area contributed by atoms with Crippen molar-refractivity contribution in [2.45, 2.75) is 140 Å². The Morgan fingerprint density at radius 2 is 0.888 bits per heavy atom. The number of rotatable bonds is 18. The van der Waals surface area contributed by atoms with Crippen LogP contribution in [0, 0.1) is 13.8 Å². The third-order valence-electron chi connectivity index (χ3n) is 24.7. The summed E-state index contributed by atoms with van der Waals surface area (Å²) in [6, 6.07) is 60.4. The average Bonchev–Trinajstić information content (AvgIpc) is 1.58. The lowest BCUT2D eigenvalue weighted by Crippen LogP contribution is -2.39. The van der Waals surface area contributed by atoms with Gasteiger partial charge in [0.2, 0.25) is 11.8 Å². The molecule has 8 N–H and O–H groups in total. The van der Waals surface area contributed by atoms with Crippen LogP contribution in [-0.4, -0.2) is 116 Å². The predicted molar refractivity (Wildman–Crippen MR) is 452 cm³/mol. The summed E-state index contributed by atoms with van der Waals surface area (Å²) in [6.07, 6.45) is 11.7. The first-order valence-electron chi connectivity index (χ1n) is 40.9. The van der Waals surface area contributed by atoms with E-state index in [0.717, 1.165) is 107 Å². The van der Waals surface area contributed by atoms with Gasteiger partial charge in [-0.15, -0.1) is 0 Å². The molecule has 5 saturated heterocycles. The van der Waals surface area contributed by atoms with Gasteiger partial charge in [0.15, 0.2) is 0 Å². The van der Waals surface area contributed by atoms with Crippen LogP contribution in [0.1, 0.15) is 186 Å². The highest BCUT2D eigenvalue weighted by atomic mass is 16.7.